The highest BCUT2D eigenvalue weighted by atomic mass is 16.1. The Bertz CT molecular complexity index is 730. The number of amides is 1. The smallest absolute Gasteiger partial charge is 0.223 e. The van der Waals surface area contributed by atoms with Gasteiger partial charge in [-0.05, 0) is 55.2 Å². The highest BCUT2D eigenvalue weighted by Gasteiger charge is 2.40. The van der Waals surface area contributed by atoms with Gasteiger partial charge in [-0.25, -0.2) is 0 Å². The Morgan fingerprint density at radius 3 is 2.75 bits per heavy atom. The Morgan fingerprint density at radius 1 is 1.21 bits per heavy atom. The quantitative estimate of drug-likeness (QED) is 0.912. The summed E-state index contributed by atoms with van der Waals surface area (Å²) in [5, 5.41) is 4.23. The summed E-state index contributed by atoms with van der Waals surface area (Å²) in [6.45, 7) is 0.550. The first-order valence-corrected chi connectivity index (χ1v) is 9.07. The highest BCUT2D eigenvalue weighted by molar-refractivity contribution is 5.80. The van der Waals surface area contributed by atoms with Crippen LogP contribution in [0.2, 0.25) is 0 Å². The van der Waals surface area contributed by atoms with Crippen LogP contribution in [0.5, 0.6) is 0 Å². The molecule has 4 nitrogen and oxygen atoms in total. The number of hydrogen-bond donors (Lipinski definition) is 2. The Balaban J connectivity index is 1.39. The SMILES string of the molecule is NC1C2CCCC1CC(C(=O)NCc1cnc3ccccc3c1)C2. The van der Waals surface area contributed by atoms with E-state index in [1.54, 1.807) is 0 Å². The largest absolute Gasteiger partial charge is 0.352 e. The second kappa shape index (κ2) is 6.52. The monoisotopic (exact) mass is 323 g/mol. The molecule has 1 aromatic heterocycles. The third kappa shape index (κ3) is 3.03. The van der Waals surface area contributed by atoms with Crippen molar-refractivity contribution in [2.24, 2.45) is 23.5 Å². The molecule has 2 bridgehead atoms. The molecule has 1 amide bonds. The summed E-state index contributed by atoms with van der Waals surface area (Å²) in [5.41, 5.74) is 8.36. The van der Waals surface area contributed by atoms with Gasteiger partial charge in [0.15, 0.2) is 0 Å². The van der Waals surface area contributed by atoms with E-state index >= 15 is 0 Å². The van der Waals surface area contributed by atoms with E-state index in [9.17, 15) is 4.79 Å². The average molecular weight is 323 g/mol. The standard InChI is InChI=1S/C20H25N3O/c21-19-15-5-3-6-16(19)10-17(9-15)20(24)23-12-13-8-14-4-1-2-7-18(14)22-11-13/h1-2,4,7-8,11,15-17,19H,3,5-6,9-10,12,21H2,(H,23,24). The number of carbonyl (C=O) groups is 1. The summed E-state index contributed by atoms with van der Waals surface area (Å²) < 4.78 is 0. The van der Waals surface area contributed by atoms with Crippen molar-refractivity contribution >= 4 is 16.8 Å². The Kier molecular flexibility index (Phi) is 4.23. The molecule has 2 aliphatic carbocycles. The molecule has 4 rings (SSSR count). The van der Waals surface area contributed by atoms with Gasteiger partial charge in [-0.15, -0.1) is 0 Å². The zero-order valence-corrected chi connectivity index (χ0v) is 13.9. The van der Waals surface area contributed by atoms with Gasteiger partial charge in [0.25, 0.3) is 0 Å². The number of benzene rings is 1. The normalized spacial score (nSPS) is 29.4. The van der Waals surface area contributed by atoms with Crippen LogP contribution >= 0.6 is 0 Å². The second-order valence-corrected chi connectivity index (χ2v) is 7.45. The maximum atomic E-state index is 12.6. The van der Waals surface area contributed by atoms with E-state index in [1.807, 2.05) is 24.4 Å². The Labute approximate surface area is 142 Å². The van der Waals surface area contributed by atoms with Crippen molar-refractivity contribution < 1.29 is 4.79 Å². The number of rotatable bonds is 3. The first-order chi connectivity index (χ1) is 11.7. The lowest BCUT2D eigenvalue weighted by atomic mass is 9.65. The molecule has 1 heterocycles. The summed E-state index contributed by atoms with van der Waals surface area (Å²) >= 11 is 0. The van der Waals surface area contributed by atoms with Gasteiger partial charge in [-0.1, -0.05) is 24.6 Å². The fraction of sp³-hybridized carbons (Fsp3) is 0.500. The van der Waals surface area contributed by atoms with Crippen LogP contribution in [-0.2, 0) is 11.3 Å². The van der Waals surface area contributed by atoms with E-state index in [0.29, 0.717) is 24.4 Å². The molecule has 4 heteroatoms. The maximum Gasteiger partial charge on any atom is 0.223 e. The lowest BCUT2D eigenvalue weighted by Crippen LogP contribution is -2.49. The molecule has 0 radical (unpaired) electrons. The number of fused-ring (bicyclic) bond motifs is 3. The van der Waals surface area contributed by atoms with E-state index in [4.69, 9.17) is 5.73 Å². The molecule has 2 unspecified atom stereocenters. The molecule has 2 aliphatic rings. The van der Waals surface area contributed by atoms with E-state index < -0.39 is 0 Å². The van der Waals surface area contributed by atoms with E-state index in [0.717, 1.165) is 29.3 Å². The van der Waals surface area contributed by atoms with E-state index in [1.165, 1.54) is 19.3 Å². The molecule has 0 saturated heterocycles. The molecule has 2 aromatic rings. The number of pyridine rings is 1. The van der Waals surface area contributed by atoms with Crippen molar-refractivity contribution in [3.63, 3.8) is 0 Å². The summed E-state index contributed by atoms with van der Waals surface area (Å²) in [5.74, 6) is 1.40. The summed E-state index contributed by atoms with van der Waals surface area (Å²) in [4.78, 5) is 17.1. The van der Waals surface area contributed by atoms with Gasteiger partial charge in [-0.3, -0.25) is 9.78 Å². The highest BCUT2D eigenvalue weighted by Crippen LogP contribution is 2.41. The summed E-state index contributed by atoms with van der Waals surface area (Å²) in [6, 6.07) is 10.5. The van der Waals surface area contributed by atoms with Crippen molar-refractivity contribution in [3.05, 3.63) is 42.1 Å². The zero-order chi connectivity index (χ0) is 16.5. The van der Waals surface area contributed by atoms with Crippen molar-refractivity contribution in [1.29, 1.82) is 0 Å². The number of nitrogens with two attached hydrogens (primary N) is 1. The molecular weight excluding hydrogens is 298 g/mol. The number of aromatic nitrogens is 1. The Morgan fingerprint density at radius 2 is 1.96 bits per heavy atom. The van der Waals surface area contributed by atoms with Crippen LogP contribution in [-0.4, -0.2) is 16.9 Å². The van der Waals surface area contributed by atoms with Crippen LogP contribution in [0.3, 0.4) is 0 Å². The third-order valence-corrected chi connectivity index (χ3v) is 5.90. The number of nitrogens with zero attached hydrogens (tertiary/aromatic N) is 1. The second-order valence-electron chi connectivity index (χ2n) is 7.45. The van der Waals surface area contributed by atoms with Gasteiger partial charge < -0.3 is 11.1 Å². The van der Waals surface area contributed by atoms with Gasteiger partial charge in [0.05, 0.1) is 5.52 Å². The molecule has 1 aromatic carbocycles. The number of para-hydroxylation sites is 1. The molecule has 2 fully saturated rings. The van der Waals surface area contributed by atoms with Crippen molar-refractivity contribution in [3.8, 4) is 0 Å². The lowest BCUT2D eigenvalue weighted by Gasteiger charge is -2.43. The summed E-state index contributed by atoms with van der Waals surface area (Å²) in [6.07, 6.45) is 7.43. The lowest BCUT2D eigenvalue weighted by molar-refractivity contribution is -0.128. The molecule has 2 saturated carbocycles. The van der Waals surface area contributed by atoms with Crippen LogP contribution in [0.25, 0.3) is 10.9 Å². The first kappa shape index (κ1) is 15.6. The molecule has 126 valence electrons. The van der Waals surface area contributed by atoms with Crippen LogP contribution < -0.4 is 11.1 Å². The molecule has 0 aliphatic heterocycles. The maximum absolute atomic E-state index is 12.6. The fourth-order valence-electron chi connectivity index (χ4n) is 4.55. The first-order valence-electron chi connectivity index (χ1n) is 9.07. The predicted molar refractivity (Wildman–Crippen MR) is 95.1 cm³/mol. The number of nitrogens with one attached hydrogen (secondary N) is 1. The molecule has 0 spiro atoms. The zero-order valence-electron chi connectivity index (χ0n) is 13.9. The fourth-order valence-corrected chi connectivity index (χ4v) is 4.55. The van der Waals surface area contributed by atoms with Crippen molar-refractivity contribution in [1.82, 2.24) is 10.3 Å². The van der Waals surface area contributed by atoms with E-state index in [2.05, 4.69) is 22.4 Å². The van der Waals surface area contributed by atoms with Gasteiger partial charge in [0.2, 0.25) is 5.91 Å². The van der Waals surface area contributed by atoms with Gasteiger partial charge in [-0.2, -0.15) is 0 Å². The summed E-state index contributed by atoms with van der Waals surface area (Å²) in [7, 11) is 0. The predicted octanol–water partition coefficient (Wildman–Crippen LogP) is 3.00. The number of hydrogen-bond acceptors (Lipinski definition) is 3. The topological polar surface area (TPSA) is 68.0 Å². The van der Waals surface area contributed by atoms with Crippen molar-refractivity contribution in [2.45, 2.75) is 44.7 Å². The number of carbonyl (C=O) groups excluding carboxylic acids is 1. The van der Waals surface area contributed by atoms with Gasteiger partial charge in [0, 0.05) is 30.1 Å². The minimum Gasteiger partial charge on any atom is -0.352 e. The molecule has 3 N–H and O–H groups in total. The third-order valence-electron chi connectivity index (χ3n) is 5.90. The van der Waals surface area contributed by atoms with Crippen LogP contribution in [0, 0.1) is 17.8 Å². The minimum absolute atomic E-state index is 0.133. The minimum atomic E-state index is 0.133. The average Bonchev–Trinajstić information content (AvgIpc) is 2.59. The molecule has 24 heavy (non-hydrogen) atoms. The molecular formula is C20H25N3O. The van der Waals surface area contributed by atoms with Crippen LogP contribution in [0.15, 0.2) is 36.5 Å². The van der Waals surface area contributed by atoms with Gasteiger partial charge >= 0.3 is 0 Å². The van der Waals surface area contributed by atoms with Crippen LogP contribution in [0.1, 0.15) is 37.7 Å². The molecule has 2 atom stereocenters. The van der Waals surface area contributed by atoms with Crippen LogP contribution in [0.4, 0.5) is 0 Å². The van der Waals surface area contributed by atoms with Gasteiger partial charge in [0.1, 0.15) is 0 Å². The van der Waals surface area contributed by atoms with E-state index in [-0.39, 0.29) is 11.8 Å². The Hall–Kier alpha value is -1.94. The van der Waals surface area contributed by atoms with Crippen molar-refractivity contribution in [2.75, 3.05) is 0 Å².